The van der Waals surface area contributed by atoms with Gasteiger partial charge in [0.05, 0.1) is 30.0 Å². The van der Waals surface area contributed by atoms with Crippen LogP contribution >= 0.6 is 11.6 Å². The quantitative estimate of drug-likeness (QED) is 0.690. The van der Waals surface area contributed by atoms with Gasteiger partial charge in [-0.15, -0.1) is 0 Å². The lowest BCUT2D eigenvalue weighted by Crippen LogP contribution is -2.41. The molecule has 1 saturated heterocycles. The number of benzene rings is 2. The van der Waals surface area contributed by atoms with E-state index in [0.717, 1.165) is 17.5 Å². The molecule has 1 fully saturated rings. The lowest BCUT2D eigenvalue weighted by Gasteiger charge is -2.24. The molecule has 29 heavy (non-hydrogen) atoms. The van der Waals surface area contributed by atoms with Crippen molar-refractivity contribution in [1.29, 1.82) is 0 Å². The van der Waals surface area contributed by atoms with Gasteiger partial charge in [-0.25, -0.2) is 14.8 Å². The van der Waals surface area contributed by atoms with Crippen LogP contribution in [0.1, 0.15) is 23.6 Å². The molecule has 0 spiro atoms. The molecule has 7 heteroatoms. The molecule has 2 amide bonds. The first kappa shape index (κ1) is 19.2. The molecule has 6 nitrogen and oxygen atoms in total. The summed E-state index contributed by atoms with van der Waals surface area (Å²) in [5.74, 6) is 0. The summed E-state index contributed by atoms with van der Waals surface area (Å²) in [4.78, 5) is 22.8. The third kappa shape index (κ3) is 4.84. The summed E-state index contributed by atoms with van der Waals surface area (Å²) >= 11 is 5.80. The molecule has 1 aliphatic heterocycles. The Morgan fingerprint density at radius 1 is 1.03 bits per heavy atom. The van der Waals surface area contributed by atoms with Gasteiger partial charge in [0.2, 0.25) is 0 Å². The van der Waals surface area contributed by atoms with Gasteiger partial charge in [-0.3, -0.25) is 0 Å². The van der Waals surface area contributed by atoms with Crippen molar-refractivity contribution in [2.75, 3.05) is 13.1 Å². The van der Waals surface area contributed by atoms with Gasteiger partial charge in [-0.2, -0.15) is 0 Å². The van der Waals surface area contributed by atoms with Crippen LogP contribution in [-0.2, 0) is 0 Å². The number of nitrogens with one attached hydrogen (secondary N) is 1. The molecule has 0 aliphatic carbocycles. The molecule has 1 aromatic heterocycles. The first-order chi connectivity index (χ1) is 14.2. The number of ether oxygens (including phenoxy) is 1. The van der Waals surface area contributed by atoms with Crippen LogP contribution in [0.4, 0.5) is 4.79 Å². The second-order valence-corrected chi connectivity index (χ2v) is 7.30. The number of likely N-dealkylation sites (tertiary alicyclic amines) is 1. The number of hydrogen-bond acceptors (Lipinski definition) is 4. The number of rotatable bonds is 5. The maximum absolute atomic E-state index is 13.0. The highest BCUT2D eigenvalue weighted by atomic mass is 35.5. The molecule has 0 unspecified atom stereocenters. The van der Waals surface area contributed by atoms with E-state index in [0.29, 0.717) is 18.1 Å². The fourth-order valence-electron chi connectivity index (χ4n) is 3.38. The highest BCUT2D eigenvalue weighted by Gasteiger charge is 2.30. The molecule has 4 rings (SSSR count). The fourth-order valence-corrected chi connectivity index (χ4v) is 3.48. The summed E-state index contributed by atoms with van der Waals surface area (Å²) in [5.41, 5.74) is 2.07. The Morgan fingerprint density at radius 3 is 2.21 bits per heavy atom. The van der Waals surface area contributed by atoms with Crippen molar-refractivity contribution >= 4 is 17.6 Å². The average molecular weight is 409 g/mol. The zero-order valence-electron chi connectivity index (χ0n) is 15.7. The summed E-state index contributed by atoms with van der Waals surface area (Å²) in [5, 5.41) is 3.62. The molecular formula is C22H21ClN4O2. The van der Waals surface area contributed by atoms with Crippen LogP contribution in [0.2, 0.25) is 5.02 Å². The number of amides is 2. The molecule has 0 radical (unpaired) electrons. The summed E-state index contributed by atoms with van der Waals surface area (Å²) in [6, 6.07) is 19.8. The van der Waals surface area contributed by atoms with Crippen molar-refractivity contribution in [1.82, 2.24) is 20.2 Å². The number of carbonyl (C=O) groups is 1. The van der Waals surface area contributed by atoms with Crippen LogP contribution in [0.5, 0.6) is 6.01 Å². The molecule has 0 saturated carbocycles. The zero-order valence-corrected chi connectivity index (χ0v) is 16.5. The van der Waals surface area contributed by atoms with Gasteiger partial charge >= 0.3 is 12.0 Å². The van der Waals surface area contributed by atoms with Gasteiger partial charge < -0.3 is 15.0 Å². The molecule has 1 N–H and O–H groups in total. The number of hydrogen-bond donors (Lipinski definition) is 1. The summed E-state index contributed by atoms with van der Waals surface area (Å²) in [7, 11) is 0. The Labute approximate surface area is 174 Å². The lowest BCUT2D eigenvalue weighted by atomic mass is 9.99. The normalized spacial score (nSPS) is 16.1. The summed E-state index contributed by atoms with van der Waals surface area (Å²) < 4.78 is 5.78. The van der Waals surface area contributed by atoms with Gasteiger partial charge in [0.15, 0.2) is 0 Å². The predicted octanol–water partition coefficient (Wildman–Crippen LogP) is 4.08. The maximum atomic E-state index is 13.0. The number of urea groups is 1. The Bertz CT molecular complexity index is 899. The van der Waals surface area contributed by atoms with Crippen molar-refractivity contribution in [3.05, 3.63) is 89.2 Å². The molecule has 2 aromatic carbocycles. The number of aromatic nitrogens is 2. The standard InChI is InChI=1S/C22H21ClN4O2/c23-18-13-24-21(25-14-18)29-19-11-12-27(15-19)22(28)26-20(16-7-3-1-4-8-16)17-9-5-2-6-10-17/h1-10,13-14,19-20H,11-12,15H2,(H,26,28)/t19-/m1/s1. The van der Waals surface area contributed by atoms with Crippen LogP contribution in [0.25, 0.3) is 0 Å². The SMILES string of the molecule is O=C(NC(c1ccccc1)c1ccccc1)N1CC[C@@H](Oc2ncc(Cl)cn2)C1. The minimum Gasteiger partial charge on any atom is -0.458 e. The molecular weight excluding hydrogens is 388 g/mol. The minimum absolute atomic E-state index is 0.120. The van der Waals surface area contributed by atoms with Crippen molar-refractivity contribution in [2.24, 2.45) is 0 Å². The molecule has 1 atom stereocenters. The molecule has 0 bridgehead atoms. The Kier molecular flexibility index (Phi) is 5.91. The second-order valence-electron chi connectivity index (χ2n) is 6.86. The van der Waals surface area contributed by atoms with Gasteiger partial charge in [0, 0.05) is 13.0 Å². The first-order valence-corrected chi connectivity index (χ1v) is 9.86. The van der Waals surface area contributed by atoms with Crippen molar-refractivity contribution in [3.63, 3.8) is 0 Å². The number of halogens is 1. The van der Waals surface area contributed by atoms with Gasteiger partial charge in [-0.1, -0.05) is 72.3 Å². The lowest BCUT2D eigenvalue weighted by molar-refractivity contribution is 0.177. The van der Waals surface area contributed by atoms with E-state index in [4.69, 9.17) is 16.3 Å². The van der Waals surface area contributed by atoms with Gasteiger partial charge in [-0.05, 0) is 11.1 Å². The van der Waals surface area contributed by atoms with E-state index in [1.807, 2.05) is 60.7 Å². The maximum Gasteiger partial charge on any atom is 0.318 e. The molecule has 3 aromatic rings. The van der Waals surface area contributed by atoms with Crippen LogP contribution < -0.4 is 10.1 Å². The molecule has 2 heterocycles. The molecule has 148 valence electrons. The molecule has 1 aliphatic rings. The summed E-state index contributed by atoms with van der Waals surface area (Å²) in [6.45, 7) is 1.09. The van der Waals surface area contributed by atoms with Gasteiger partial charge in [0.1, 0.15) is 6.10 Å². The first-order valence-electron chi connectivity index (χ1n) is 9.48. The van der Waals surface area contributed by atoms with Crippen LogP contribution in [0.15, 0.2) is 73.1 Å². The van der Waals surface area contributed by atoms with Crippen molar-refractivity contribution in [2.45, 2.75) is 18.6 Å². The predicted molar refractivity (Wildman–Crippen MR) is 111 cm³/mol. The topological polar surface area (TPSA) is 67.4 Å². The fraction of sp³-hybridized carbons (Fsp3) is 0.227. The Balaban J connectivity index is 1.42. The van der Waals surface area contributed by atoms with E-state index in [9.17, 15) is 4.79 Å². The monoisotopic (exact) mass is 408 g/mol. The third-order valence-electron chi connectivity index (χ3n) is 4.83. The van der Waals surface area contributed by atoms with E-state index < -0.39 is 0 Å². The van der Waals surface area contributed by atoms with E-state index >= 15 is 0 Å². The average Bonchev–Trinajstić information content (AvgIpc) is 3.23. The van der Waals surface area contributed by atoms with Crippen LogP contribution in [-0.4, -0.2) is 40.1 Å². The summed E-state index contributed by atoms with van der Waals surface area (Å²) in [6.07, 6.45) is 3.57. The minimum atomic E-state index is -0.218. The van der Waals surface area contributed by atoms with E-state index in [1.165, 1.54) is 12.4 Å². The van der Waals surface area contributed by atoms with E-state index in [2.05, 4.69) is 15.3 Å². The smallest absolute Gasteiger partial charge is 0.318 e. The van der Waals surface area contributed by atoms with Crippen LogP contribution in [0.3, 0.4) is 0 Å². The largest absolute Gasteiger partial charge is 0.458 e. The van der Waals surface area contributed by atoms with Crippen molar-refractivity contribution < 1.29 is 9.53 Å². The Morgan fingerprint density at radius 2 is 1.62 bits per heavy atom. The highest BCUT2D eigenvalue weighted by molar-refractivity contribution is 6.30. The van der Waals surface area contributed by atoms with Crippen molar-refractivity contribution in [3.8, 4) is 6.01 Å². The number of carbonyl (C=O) groups excluding carboxylic acids is 1. The van der Waals surface area contributed by atoms with E-state index in [1.54, 1.807) is 4.90 Å². The number of nitrogens with zero attached hydrogens (tertiary/aromatic N) is 3. The zero-order chi connectivity index (χ0) is 20.1. The third-order valence-corrected chi connectivity index (χ3v) is 5.03. The van der Waals surface area contributed by atoms with Gasteiger partial charge in [0.25, 0.3) is 0 Å². The Hall–Kier alpha value is -3.12. The van der Waals surface area contributed by atoms with Crippen LogP contribution in [0, 0.1) is 0 Å². The second kappa shape index (κ2) is 8.92. The van der Waals surface area contributed by atoms with E-state index in [-0.39, 0.29) is 24.2 Å². The highest BCUT2D eigenvalue weighted by Crippen LogP contribution is 2.23.